The zero-order chi connectivity index (χ0) is 12.4. The summed E-state index contributed by atoms with van der Waals surface area (Å²) in [6.07, 6.45) is 2.80. The second-order valence-corrected chi connectivity index (χ2v) is 3.61. The van der Waals surface area contributed by atoms with Crippen LogP contribution >= 0.6 is 0 Å². The lowest BCUT2D eigenvalue weighted by molar-refractivity contribution is 0.0688. The molecule has 1 heterocycles. The number of benzene rings is 1. The normalized spacial score (nSPS) is 10.2. The Morgan fingerprint density at radius 1 is 1.47 bits per heavy atom. The lowest BCUT2D eigenvalue weighted by Crippen LogP contribution is -2.05. The molecule has 0 atom stereocenters. The van der Waals surface area contributed by atoms with E-state index in [0.29, 0.717) is 0 Å². The maximum absolute atomic E-state index is 11.0. The molecule has 0 radical (unpaired) electrons. The summed E-state index contributed by atoms with van der Waals surface area (Å²) in [6, 6.07) is 5.45. The molecule has 1 aromatic heterocycles. The molecule has 0 unspecified atom stereocenters. The van der Waals surface area contributed by atoms with Crippen molar-refractivity contribution in [1.29, 1.82) is 0 Å². The van der Waals surface area contributed by atoms with Gasteiger partial charge < -0.3 is 9.84 Å². The molecule has 0 aliphatic rings. The maximum atomic E-state index is 11.0. The van der Waals surface area contributed by atoms with E-state index in [-0.39, 0.29) is 5.69 Å². The predicted molar refractivity (Wildman–Crippen MR) is 61.8 cm³/mol. The van der Waals surface area contributed by atoms with Crippen LogP contribution in [0.4, 0.5) is 0 Å². The molecule has 0 amide bonds. The van der Waals surface area contributed by atoms with Crippen LogP contribution in [0.2, 0.25) is 0 Å². The van der Waals surface area contributed by atoms with Crippen LogP contribution in [-0.4, -0.2) is 27.7 Å². The third-order valence-electron chi connectivity index (χ3n) is 2.51. The van der Waals surface area contributed by atoms with Gasteiger partial charge in [0.05, 0.1) is 19.6 Å². The average Bonchev–Trinajstić information content (AvgIpc) is 2.77. The zero-order valence-electron chi connectivity index (χ0n) is 9.54. The van der Waals surface area contributed by atoms with E-state index >= 15 is 0 Å². The van der Waals surface area contributed by atoms with E-state index in [1.54, 1.807) is 19.2 Å². The number of carboxylic acid groups (broad SMARTS) is 1. The molecular formula is C12H12N2O3. The Kier molecular flexibility index (Phi) is 2.82. The van der Waals surface area contributed by atoms with E-state index in [1.807, 2.05) is 13.0 Å². The highest BCUT2D eigenvalue weighted by Crippen LogP contribution is 2.21. The Hall–Kier alpha value is -2.30. The van der Waals surface area contributed by atoms with Gasteiger partial charge in [0, 0.05) is 5.69 Å². The van der Waals surface area contributed by atoms with Gasteiger partial charge in [0.1, 0.15) is 5.75 Å². The second kappa shape index (κ2) is 4.29. The van der Waals surface area contributed by atoms with E-state index in [2.05, 4.69) is 4.98 Å². The summed E-state index contributed by atoms with van der Waals surface area (Å²) < 4.78 is 6.68. The summed E-state index contributed by atoms with van der Waals surface area (Å²) in [5.74, 6) is -0.235. The van der Waals surface area contributed by atoms with Crippen LogP contribution in [0.15, 0.2) is 30.7 Å². The van der Waals surface area contributed by atoms with Gasteiger partial charge in [0.2, 0.25) is 0 Å². The first kappa shape index (κ1) is 11.2. The number of carbonyl (C=O) groups is 1. The first-order chi connectivity index (χ1) is 8.13. The monoisotopic (exact) mass is 232 g/mol. The van der Waals surface area contributed by atoms with Crippen LogP contribution in [0.1, 0.15) is 16.1 Å². The van der Waals surface area contributed by atoms with Crippen molar-refractivity contribution in [3.05, 3.63) is 42.0 Å². The van der Waals surface area contributed by atoms with Gasteiger partial charge in [0.25, 0.3) is 0 Å². The van der Waals surface area contributed by atoms with E-state index < -0.39 is 5.97 Å². The van der Waals surface area contributed by atoms with Gasteiger partial charge in [-0.1, -0.05) is 0 Å². The Bertz CT molecular complexity index is 561. The van der Waals surface area contributed by atoms with E-state index in [1.165, 1.54) is 17.1 Å². The summed E-state index contributed by atoms with van der Waals surface area (Å²) in [5, 5.41) is 9.00. The van der Waals surface area contributed by atoms with Crippen molar-refractivity contribution in [3.8, 4) is 11.4 Å². The summed E-state index contributed by atoms with van der Waals surface area (Å²) in [7, 11) is 1.60. The number of hydrogen-bond donors (Lipinski definition) is 1. The standard InChI is InChI=1S/C12H12N2O3/c1-8-5-9(3-4-11(8)17-2)14-7-13-6-10(14)12(15)16/h3-7H,1-2H3,(H,15,16). The Balaban J connectivity index is 2.50. The summed E-state index contributed by atoms with van der Waals surface area (Å²) in [4.78, 5) is 14.8. The smallest absolute Gasteiger partial charge is 0.354 e. The number of methoxy groups -OCH3 is 1. The lowest BCUT2D eigenvalue weighted by atomic mass is 10.2. The number of hydrogen-bond acceptors (Lipinski definition) is 3. The van der Waals surface area contributed by atoms with Crippen molar-refractivity contribution in [3.63, 3.8) is 0 Å². The number of nitrogens with zero attached hydrogens (tertiary/aromatic N) is 2. The number of aromatic carboxylic acids is 1. The minimum absolute atomic E-state index is 0.134. The molecule has 5 nitrogen and oxygen atoms in total. The molecule has 88 valence electrons. The van der Waals surface area contributed by atoms with Gasteiger partial charge in [-0.05, 0) is 30.7 Å². The number of rotatable bonds is 3. The van der Waals surface area contributed by atoms with Gasteiger partial charge in [-0.3, -0.25) is 4.57 Å². The molecule has 2 rings (SSSR count). The van der Waals surface area contributed by atoms with Gasteiger partial charge in [-0.15, -0.1) is 0 Å². The Labute approximate surface area is 98.3 Å². The second-order valence-electron chi connectivity index (χ2n) is 3.61. The lowest BCUT2D eigenvalue weighted by Gasteiger charge is -2.09. The number of ether oxygens (including phenoxy) is 1. The van der Waals surface area contributed by atoms with Crippen LogP contribution in [0.25, 0.3) is 5.69 Å². The van der Waals surface area contributed by atoms with Crippen molar-refractivity contribution < 1.29 is 14.6 Å². The fraction of sp³-hybridized carbons (Fsp3) is 0.167. The number of aryl methyl sites for hydroxylation is 1. The van der Waals surface area contributed by atoms with Crippen molar-refractivity contribution in [2.75, 3.05) is 7.11 Å². The van der Waals surface area contributed by atoms with Gasteiger partial charge >= 0.3 is 5.97 Å². The van der Waals surface area contributed by atoms with Crippen molar-refractivity contribution in [2.24, 2.45) is 0 Å². The molecule has 1 N–H and O–H groups in total. The SMILES string of the molecule is COc1ccc(-n2cncc2C(=O)O)cc1C. The quantitative estimate of drug-likeness (QED) is 0.877. The topological polar surface area (TPSA) is 64.4 Å². The minimum atomic E-state index is -1.00. The molecule has 0 aliphatic carbocycles. The van der Waals surface area contributed by atoms with Crippen molar-refractivity contribution >= 4 is 5.97 Å². The predicted octanol–water partition coefficient (Wildman–Crippen LogP) is 1.89. The first-order valence-electron chi connectivity index (χ1n) is 5.04. The van der Waals surface area contributed by atoms with E-state index in [0.717, 1.165) is 17.0 Å². The molecule has 0 saturated heterocycles. The van der Waals surface area contributed by atoms with Crippen LogP contribution in [-0.2, 0) is 0 Å². The summed E-state index contributed by atoms with van der Waals surface area (Å²) in [5.41, 5.74) is 1.82. The highest BCUT2D eigenvalue weighted by atomic mass is 16.5. The van der Waals surface area contributed by atoms with E-state index in [4.69, 9.17) is 9.84 Å². The Morgan fingerprint density at radius 3 is 2.82 bits per heavy atom. The first-order valence-corrected chi connectivity index (χ1v) is 5.04. The van der Waals surface area contributed by atoms with Crippen molar-refractivity contribution in [2.45, 2.75) is 6.92 Å². The van der Waals surface area contributed by atoms with Crippen molar-refractivity contribution in [1.82, 2.24) is 9.55 Å². The molecule has 5 heteroatoms. The summed E-state index contributed by atoms with van der Waals surface area (Å²) >= 11 is 0. The molecule has 2 aromatic rings. The molecule has 0 bridgehead atoms. The fourth-order valence-electron chi connectivity index (χ4n) is 1.67. The highest BCUT2D eigenvalue weighted by molar-refractivity contribution is 5.86. The molecule has 0 spiro atoms. The highest BCUT2D eigenvalue weighted by Gasteiger charge is 2.11. The third-order valence-corrected chi connectivity index (χ3v) is 2.51. The van der Waals surface area contributed by atoms with Crippen LogP contribution in [0.5, 0.6) is 5.75 Å². The number of imidazole rings is 1. The van der Waals surface area contributed by atoms with Gasteiger partial charge in [-0.25, -0.2) is 9.78 Å². The average molecular weight is 232 g/mol. The molecule has 1 aromatic carbocycles. The van der Waals surface area contributed by atoms with Crippen LogP contribution < -0.4 is 4.74 Å². The fourth-order valence-corrected chi connectivity index (χ4v) is 1.67. The molecule has 17 heavy (non-hydrogen) atoms. The number of aromatic nitrogens is 2. The third kappa shape index (κ3) is 1.99. The van der Waals surface area contributed by atoms with Gasteiger partial charge in [-0.2, -0.15) is 0 Å². The molecule has 0 aliphatic heterocycles. The van der Waals surface area contributed by atoms with E-state index in [9.17, 15) is 4.79 Å². The van der Waals surface area contributed by atoms with Crippen LogP contribution in [0, 0.1) is 6.92 Å². The maximum Gasteiger partial charge on any atom is 0.354 e. The minimum Gasteiger partial charge on any atom is -0.496 e. The van der Waals surface area contributed by atoms with Crippen LogP contribution in [0.3, 0.4) is 0 Å². The molecular weight excluding hydrogens is 220 g/mol. The summed E-state index contributed by atoms with van der Waals surface area (Å²) in [6.45, 7) is 1.90. The number of carboxylic acids is 1. The molecule has 0 saturated carbocycles. The van der Waals surface area contributed by atoms with Gasteiger partial charge in [0.15, 0.2) is 5.69 Å². The molecule has 0 fully saturated rings. The largest absolute Gasteiger partial charge is 0.496 e. The zero-order valence-corrected chi connectivity index (χ0v) is 9.54. The Morgan fingerprint density at radius 2 is 2.24 bits per heavy atom.